The molecule has 0 radical (unpaired) electrons. The molecule has 0 N–H and O–H groups in total. The van der Waals surface area contributed by atoms with Crippen LogP contribution >= 0.6 is 0 Å². The van der Waals surface area contributed by atoms with Gasteiger partial charge >= 0.3 is 0 Å². The topological polar surface area (TPSA) is 25.2 Å². The maximum atomic E-state index is 12.8. The number of nitrogens with zero attached hydrogens (tertiary/aromatic N) is 2. The molecule has 21 heavy (non-hydrogen) atoms. The minimum absolute atomic E-state index is 0.200. The molecule has 0 bridgehead atoms. The zero-order valence-electron chi connectivity index (χ0n) is 13.2. The third kappa shape index (κ3) is 2.51. The number of carbonyl (C=O) groups excluding carboxylic acids is 1. The molecule has 0 saturated carbocycles. The van der Waals surface area contributed by atoms with Crippen LogP contribution in [0.5, 0.6) is 0 Å². The number of rotatable bonds is 2. The van der Waals surface area contributed by atoms with Gasteiger partial charge in [0.1, 0.15) is 0 Å². The molecule has 0 aliphatic carbocycles. The summed E-state index contributed by atoms with van der Waals surface area (Å²) in [6.45, 7) is 7.96. The lowest BCUT2D eigenvalue weighted by Gasteiger charge is -2.32. The van der Waals surface area contributed by atoms with Gasteiger partial charge in [-0.25, -0.2) is 0 Å². The monoisotopic (exact) mass is 284 g/mol. The Morgan fingerprint density at radius 3 is 2.76 bits per heavy atom. The van der Waals surface area contributed by atoms with Crippen LogP contribution in [0.1, 0.15) is 42.2 Å². The lowest BCUT2D eigenvalue weighted by Crippen LogP contribution is -2.42. The molecule has 1 aliphatic rings. The average molecular weight is 284 g/mol. The van der Waals surface area contributed by atoms with Gasteiger partial charge in [-0.2, -0.15) is 0 Å². The Labute approximate surface area is 126 Å². The lowest BCUT2D eigenvalue weighted by atomic mass is 10.0. The molecule has 1 atom stereocenters. The number of aromatic nitrogens is 1. The molecule has 2 heterocycles. The molecular formula is C18H24N2O. The third-order valence-corrected chi connectivity index (χ3v) is 4.96. The maximum Gasteiger partial charge on any atom is 0.245 e. The van der Waals surface area contributed by atoms with Crippen molar-refractivity contribution in [3.05, 3.63) is 35.5 Å². The molecule has 3 nitrogen and oxygen atoms in total. The van der Waals surface area contributed by atoms with Crippen LogP contribution in [0.3, 0.4) is 0 Å². The largest absolute Gasteiger partial charge is 0.292 e. The average Bonchev–Trinajstić information content (AvgIpc) is 2.74. The molecule has 1 saturated heterocycles. The van der Waals surface area contributed by atoms with Crippen LogP contribution in [0.15, 0.2) is 24.3 Å². The van der Waals surface area contributed by atoms with Gasteiger partial charge in [-0.15, -0.1) is 0 Å². The summed E-state index contributed by atoms with van der Waals surface area (Å²) in [7, 11) is 0. The van der Waals surface area contributed by atoms with Crippen LogP contribution < -0.4 is 0 Å². The van der Waals surface area contributed by atoms with Crippen molar-refractivity contribution < 1.29 is 4.79 Å². The Kier molecular flexibility index (Phi) is 3.85. The Morgan fingerprint density at radius 2 is 2.00 bits per heavy atom. The SMILES string of the molecule is Cc1c(C)n(C(=O)CN2CCCC[C@@H]2C)c2ccccc12. The van der Waals surface area contributed by atoms with Crippen molar-refractivity contribution in [2.24, 2.45) is 0 Å². The van der Waals surface area contributed by atoms with E-state index >= 15 is 0 Å². The molecule has 1 aromatic carbocycles. The highest BCUT2D eigenvalue weighted by Gasteiger charge is 2.23. The van der Waals surface area contributed by atoms with E-state index in [1.165, 1.54) is 30.2 Å². The van der Waals surface area contributed by atoms with Crippen LogP contribution in [-0.2, 0) is 0 Å². The summed E-state index contributed by atoms with van der Waals surface area (Å²) in [4.78, 5) is 15.2. The molecule has 3 heteroatoms. The first-order chi connectivity index (χ1) is 10.1. The fraction of sp³-hybridized carbons (Fsp3) is 0.500. The minimum atomic E-state index is 0.200. The highest BCUT2D eigenvalue weighted by molar-refractivity contribution is 5.96. The molecule has 1 aliphatic heterocycles. The summed E-state index contributed by atoms with van der Waals surface area (Å²) >= 11 is 0. The van der Waals surface area contributed by atoms with Crippen LogP contribution in [0.2, 0.25) is 0 Å². The van der Waals surface area contributed by atoms with Gasteiger partial charge in [0.2, 0.25) is 5.91 Å². The Bertz CT molecular complexity index is 671. The van der Waals surface area contributed by atoms with E-state index in [2.05, 4.69) is 24.8 Å². The standard InChI is InChI=1S/C18H24N2O/c1-13-8-6-7-11-19(13)12-18(21)20-15(3)14(2)16-9-4-5-10-17(16)20/h4-5,9-10,13H,6-8,11-12H2,1-3H3/t13-/m0/s1. The highest BCUT2D eigenvalue weighted by atomic mass is 16.2. The molecule has 0 spiro atoms. The second-order valence-corrected chi connectivity index (χ2v) is 6.27. The minimum Gasteiger partial charge on any atom is -0.292 e. The van der Waals surface area contributed by atoms with E-state index in [1.54, 1.807) is 0 Å². The van der Waals surface area contributed by atoms with E-state index in [0.29, 0.717) is 12.6 Å². The fourth-order valence-electron chi connectivity index (χ4n) is 3.49. The summed E-state index contributed by atoms with van der Waals surface area (Å²) in [5.74, 6) is 0.200. The number of piperidine rings is 1. The number of hydrogen-bond acceptors (Lipinski definition) is 2. The molecule has 0 amide bonds. The molecule has 0 unspecified atom stereocenters. The van der Waals surface area contributed by atoms with E-state index in [-0.39, 0.29) is 5.91 Å². The van der Waals surface area contributed by atoms with Crippen molar-refractivity contribution in [1.82, 2.24) is 9.47 Å². The summed E-state index contributed by atoms with van der Waals surface area (Å²) in [6.07, 6.45) is 3.70. The Hall–Kier alpha value is -1.61. The summed E-state index contributed by atoms with van der Waals surface area (Å²) < 4.78 is 1.91. The van der Waals surface area contributed by atoms with E-state index < -0.39 is 0 Å². The number of fused-ring (bicyclic) bond motifs is 1. The van der Waals surface area contributed by atoms with E-state index in [9.17, 15) is 4.79 Å². The second kappa shape index (κ2) is 5.64. The summed E-state index contributed by atoms with van der Waals surface area (Å²) in [6, 6.07) is 8.72. The van der Waals surface area contributed by atoms with Crippen LogP contribution in [0, 0.1) is 13.8 Å². The Morgan fingerprint density at radius 1 is 1.24 bits per heavy atom. The van der Waals surface area contributed by atoms with E-state index in [4.69, 9.17) is 0 Å². The van der Waals surface area contributed by atoms with E-state index in [0.717, 1.165) is 17.8 Å². The number of hydrogen-bond donors (Lipinski definition) is 0. The van der Waals surface area contributed by atoms with Gasteiger partial charge in [0.05, 0.1) is 12.1 Å². The summed E-state index contributed by atoms with van der Waals surface area (Å²) in [5, 5.41) is 1.19. The van der Waals surface area contributed by atoms with Gasteiger partial charge in [0.25, 0.3) is 0 Å². The molecule has 1 fully saturated rings. The van der Waals surface area contributed by atoms with Gasteiger partial charge in [-0.05, 0) is 51.8 Å². The molecule has 3 rings (SSSR count). The van der Waals surface area contributed by atoms with Crippen molar-refractivity contribution in [2.45, 2.75) is 46.1 Å². The lowest BCUT2D eigenvalue weighted by molar-refractivity contribution is 0.0782. The third-order valence-electron chi connectivity index (χ3n) is 4.96. The van der Waals surface area contributed by atoms with Crippen LogP contribution in [-0.4, -0.2) is 34.5 Å². The van der Waals surface area contributed by atoms with E-state index in [1.807, 2.05) is 29.7 Å². The van der Waals surface area contributed by atoms with Crippen molar-refractivity contribution in [3.8, 4) is 0 Å². The van der Waals surface area contributed by atoms with Gasteiger partial charge in [-0.1, -0.05) is 24.6 Å². The zero-order valence-corrected chi connectivity index (χ0v) is 13.2. The van der Waals surface area contributed by atoms with Gasteiger partial charge < -0.3 is 0 Å². The zero-order chi connectivity index (χ0) is 15.0. The molecular weight excluding hydrogens is 260 g/mol. The molecule has 1 aromatic heterocycles. The number of benzene rings is 1. The number of para-hydroxylation sites is 1. The number of carbonyl (C=O) groups is 1. The highest BCUT2D eigenvalue weighted by Crippen LogP contribution is 2.25. The first-order valence-electron chi connectivity index (χ1n) is 7.93. The van der Waals surface area contributed by atoms with Crippen molar-refractivity contribution >= 4 is 16.8 Å². The predicted molar refractivity (Wildman–Crippen MR) is 86.9 cm³/mol. The smallest absolute Gasteiger partial charge is 0.245 e. The first kappa shape index (κ1) is 14.3. The van der Waals surface area contributed by atoms with Crippen molar-refractivity contribution in [1.29, 1.82) is 0 Å². The maximum absolute atomic E-state index is 12.8. The molecule has 2 aromatic rings. The number of likely N-dealkylation sites (tertiary alicyclic amines) is 1. The van der Waals surface area contributed by atoms with Gasteiger partial charge in [0, 0.05) is 17.1 Å². The van der Waals surface area contributed by atoms with Gasteiger partial charge in [-0.3, -0.25) is 14.3 Å². The fourth-order valence-corrected chi connectivity index (χ4v) is 3.49. The number of aryl methyl sites for hydroxylation is 1. The van der Waals surface area contributed by atoms with Crippen molar-refractivity contribution in [3.63, 3.8) is 0 Å². The van der Waals surface area contributed by atoms with Crippen LogP contribution in [0.25, 0.3) is 10.9 Å². The second-order valence-electron chi connectivity index (χ2n) is 6.27. The predicted octanol–water partition coefficient (Wildman–Crippen LogP) is 3.77. The normalized spacial score (nSPS) is 20.0. The van der Waals surface area contributed by atoms with Crippen molar-refractivity contribution in [2.75, 3.05) is 13.1 Å². The first-order valence-corrected chi connectivity index (χ1v) is 7.93. The summed E-state index contributed by atoms with van der Waals surface area (Å²) in [5.41, 5.74) is 3.33. The molecule has 112 valence electrons. The van der Waals surface area contributed by atoms with Crippen LogP contribution in [0.4, 0.5) is 0 Å². The van der Waals surface area contributed by atoms with Gasteiger partial charge in [0.15, 0.2) is 0 Å². The quantitative estimate of drug-likeness (QED) is 0.838. The Balaban J connectivity index is 1.93.